The Morgan fingerprint density at radius 2 is 1.95 bits per heavy atom. The molecule has 0 bridgehead atoms. The fraction of sp³-hybridized carbons (Fsp3) is 0.533. The van der Waals surface area contributed by atoms with Crippen LogP contribution in [-0.2, 0) is 11.2 Å². The maximum absolute atomic E-state index is 11.3. The van der Waals surface area contributed by atoms with Gasteiger partial charge in [-0.15, -0.1) is 0 Å². The molecule has 1 amide bonds. The van der Waals surface area contributed by atoms with Crippen molar-refractivity contribution in [3.8, 4) is 5.75 Å². The molecule has 4 nitrogen and oxygen atoms in total. The number of ether oxygens (including phenoxy) is 1. The van der Waals surface area contributed by atoms with Gasteiger partial charge in [-0.05, 0) is 24.1 Å². The number of rotatable bonds is 8. The quantitative estimate of drug-likeness (QED) is 0.753. The summed E-state index contributed by atoms with van der Waals surface area (Å²) in [5.41, 5.74) is 6.63. The monoisotopic (exact) mass is 264 g/mol. The average molecular weight is 264 g/mol. The summed E-state index contributed by atoms with van der Waals surface area (Å²) in [7, 11) is 0. The Morgan fingerprint density at radius 3 is 2.42 bits per heavy atom. The summed E-state index contributed by atoms with van der Waals surface area (Å²) in [6.07, 6.45) is 1.59. The Morgan fingerprint density at radius 1 is 1.32 bits per heavy atom. The largest absolute Gasteiger partial charge is 0.494 e. The number of aryl methyl sites for hydroxylation is 1. The maximum atomic E-state index is 11.3. The van der Waals surface area contributed by atoms with Gasteiger partial charge in [-0.25, -0.2) is 0 Å². The first-order valence-electron chi connectivity index (χ1n) is 6.80. The Kier molecular flexibility index (Phi) is 6.36. The van der Waals surface area contributed by atoms with E-state index in [0.717, 1.165) is 12.2 Å². The summed E-state index contributed by atoms with van der Waals surface area (Å²) in [5.74, 6) is 0.489. The molecule has 1 aromatic carbocycles. The number of carbonyl (C=O) groups excluding carboxylic acids is 1. The lowest BCUT2D eigenvalue weighted by Gasteiger charge is -2.18. The van der Waals surface area contributed by atoms with E-state index in [1.54, 1.807) is 0 Å². The van der Waals surface area contributed by atoms with E-state index in [4.69, 9.17) is 10.5 Å². The zero-order valence-electron chi connectivity index (χ0n) is 12.0. The third-order valence-corrected chi connectivity index (χ3v) is 2.88. The van der Waals surface area contributed by atoms with Gasteiger partial charge < -0.3 is 15.8 Å². The zero-order valence-corrected chi connectivity index (χ0v) is 12.0. The number of benzene rings is 1. The van der Waals surface area contributed by atoms with Gasteiger partial charge in [-0.1, -0.05) is 32.9 Å². The van der Waals surface area contributed by atoms with E-state index in [2.05, 4.69) is 12.2 Å². The first kappa shape index (κ1) is 15.5. The number of nitrogens with two attached hydrogens (primary N) is 1. The van der Waals surface area contributed by atoms with Crippen LogP contribution in [0.15, 0.2) is 24.3 Å². The number of hydrogen-bond acceptors (Lipinski definition) is 3. The maximum Gasteiger partial charge on any atom is 0.234 e. The van der Waals surface area contributed by atoms with Crippen LogP contribution in [0, 0.1) is 0 Å². The second kappa shape index (κ2) is 7.79. The second-order valence-electron chi connectivity index (χ2n) is 4.91. The van der Waals surface area contributed by atoms with Crippen molar-refractivity contribution in [2.45, 2.75) is 45.7 Å². The minimum absolute atomic E-state index is 0.223. The predicted octanol–water partition coefficient (Wildman–Crippen LogP) is 1.87. The highest BCUT2D eigenvalue weighted by Crippen LogP contribution is 2.13. The number of amides is 1. The van der Waals surface area contributed by atoms with Gasteiger partial charge in [0.05, 0.1) is 12.6 Å². The molecule has 0 aliphatic carbocycles. The molecule has 1 rings (SSSR count). The molecule has 0 saturated carbocycles. The van der Waals surface area contributed by atoms with Crippen molar-refractivity contribution in [1.82, 2.24) is 5.32 Å². The summed E-state index contributed by atoms with van der Waals surface area (Å²) in [4.78, 5) is 11.3. The molecule has 0 aliphatic rings. The van der Waals surface area contributed by atoms with Crippen LogP contribution in [0.5, 0.6) is 5.75 Å². The molecule has 1 unspecified atom stereocenters. The molecule has 1 aromatic rings. The van der Waals surface area contributed by atoms with E-state index < -0.39 is 0 Å². The molecule has 3 N–H and O–H groups in total. The number of carbonyl (C=O) groups is 1. The van der Waals surface area contributed by atoms with Gasteiger partial charge >= 0.3 is 0 Å². The molecule has 106 valence electrons. The van der Waals surface area contributed by atoms with E-state index in [9.17, 15) is 4.79 Å². The lowest BCUT2D eigenvalue weighted by atomic mass is 10.1. The molecule has 0 radical (unpaired) electrons. The molecule has 0 heterocycles. The van der Waals surface area contributed by atoms with Crippen LogP contribution in [0.3, 0.4) is 0 Å². The summed E-state index contributed by atoms with van der Waals surface area (Å²) >= 11 is 0. The van der Waals surface area contributed by atoms with Crippen LogP contribution >= 0.6 is 0 Å². The molecule has 1 atom stereocenters. The van der Waals surface area contributed by atoms with Crippen molar-refractivity contribution >= 4 is 5.91 Å². The summed E-state index contributed by atoms with van der Waals surface area (Å²) in [5, 5.41) is 3.13. The standard InChI is InChI=1S/C15H24N2O2/c1-4-12-5-7-13(8-6-12)19-10-9-14(15(16)18)17-11(2)3/h5-8,11,14,17H,4,9-10H2,1-3H3,(H2,16,18). The van der Waals surface area contributed by atoms with Crippen molar-refractivity contribution in [3.05, 3.63) is 29.8 Å². The number of hydrogen-bond donors (Lipinski definition) is 2. The summed E-state index contributed by atoms with van der Waals surface area (Å²) in [6, 6.07) is 7.89. The first-order chi connectivity index (χ1) is 9.02. The third-order valence-electron chi connectivity index (χ3n) is 2.88. The van der Waals surface area contributed by atoms with Crippen LogP contribution < -0.4 is 15.8 Å². The van der Waals surface area contributed by atoms with Gasteiger partial charge in [0.25, 0.3) is 0 Å². The summed E-state index contributed by atoms with van der Waals surface area (Å²) < 4.78 is 5.62. The molecule has 0 spiro atoms. The smallest absolute Gasteiger partial charge is 0.234 e. The second-order valence-corrected chi connectivity index (χ2v) is 4.91. The van der Waals surface area contributed by atoms with Crippen molar-refractivity contribution in [2.24, 2.45) is 5.73 Å². The lowest BCUT2D eigenvalue weighted by molar-refractivity contribution is -0.120. The molecule has 4 heteroatoms. The molecule has 0 saturated heterocycles. The average Bonchev–Trinajstić information content (AvgIpc) is 2.37. The Bertz CT molecular complexity index is 388. The fourth-order valence-electron chi connectivity index (χ4n) is 1.83. The van der Waals surface area contributed by atoms with Crippen molar-refractivity contribution in [3.63, 3.8) is 0 Å². The summed E-state index contributed by atoms with van der Waals surface area (Å²) in [6.45, 7) is 6.56. The third kappa shape index (κ3) is 5.75. The van der Waals surface area contributed by atoms with Gasteiger partial charge in [-0.2, -0.15) is 0 Å². The Balaban J connectivity index is 2.40. The highest BCUT2D eigenvalue weighted by atomic mass is 16.5. The van der Waals surface area contributed by atoms with Gasteiger partial charge in [-0.3, -0.25) is 4.79 Å². The molecule has 0 aromatic heterocycles. The van der Waals surface area contributed by atoms with E-state index >= 15 is 0 Å². The molecular formula is C15H24N2O2. The van der Waals surface area contributed by atoms with Gasteiger partial charge in [0.1, 0.15) is 5.75 Å². The van der Waals surface area contributed by atoms with Gasteiger partial charge in [0.15, 0.2) is 0 Å². The normalized spacial score (nSPS) is 12.4. The van der Waals surface area contributed by atoms with E-state index in [1.165, 1.54) is 5.56 Å². The lowest BCUT2D eigenvalue weighted by Crippen LogP contribution is -2.45. The topological polar surface area (TPSA) is 64.3 Å². The highest BCUT2D eigenvalue weighted by Gasteiger charge is 2.15. The van der Waals surface area contributed by atoms with Gasteiger partial charge in [0.2, 0.25) is 5.91 Å². The van der Waals surface area contributed by atoms with E-state index in [1.807, 2.05) is 38.1 Å². The van der Waals surface area contributed by atoms with Crippen LogP contribution in [0.2, 0.25) is 0 Å². The number of nitrogens with one attached hydrogen (secondary N) is 1. The minimum Gasteiger partial charge on any atom is -0.494 e. The SMILES string of the molecule is CCc1ccc(OCCC(NC(C)C)C(N)=O)cc1. The molecule has 19 heavy (non-hydrogen) atoms. The molecular weight excluding hydrogens is 240 g/mol. The van der Waals surface area contributed by atoms with E-state index in [-0.39, 0.29) is 18.0 Å². The zero-order chi connectivity index (χ0) is 14.3. The van der Waals surface area contributed by atoms with E-state index in [0.29, 0.717) is 13.0 Å². The van der Waals surface area contributed by atoms with Crippen LogP contribution in [0.25, 0.3) is 0 Å². The predicted molar refractivity (Wildman–Crippen MR) is 77.2 cm³/mol. The molecule has 0 fully saturated rings. The van der Waals surface area contributed by atoms with Crippen molar-refractivity contribution < 1.29 is 9.53 Å². The van der Waals surface area contributed by atoms with Crippen LogP contribution in [-0.4, -0.2) is 24.6 Å². The van der Waals surface area contributed by atoms with Gasteiger partial charge in [0, 0.05) is 12.5 Å². The number of primary amides is 1. The van der Waals surface area contributed by atoms with Crippen LogP contribution in [0.4, 0.5) is 0 Å². The molecule has 0 aliphatic heterocycles. The fourth-order valence-corrected chi connectivity index (χ4v) is 1.83. The highest BCUT2D eigenvalue weighted by molar-refractivity contribution is 5.79. The van der Waals surface area contributed by atoms with Crippen molar-refractivity contribution in [2.75, 3.05) is 6.61 Å². The minimum atomic E-state index is -0.338. The van der Waals surface area contributed by atoms with Crippen LogP contribution in [0.1, 0.15) is 32.8 Å². The van der Waals surface area contributed by atoms with Crippen molar-refractivity contribution in [1.29, 1.82) is 0 Å². The Labute approximate surface area is 115 Å². The first-order valence-corrected chi connectivity index (χ1v) is 6.80. The Hall–Kier alpha value is -1.55.